The summed E-state index contributed by atoms with van der Waals surface area (Å²) in [5.41, 5.74) is 1.39. The minimum absolute atomic E-state index is 0.218. The summed E-state index contributed by atoms with van der Waals surface area (Å²) in [6.07, 6.45) is 1.41. The summed E-state index contributed by atoms with van der Waals surface area (Å²) in [4.78, 5) is 55.4. The molecule has 44 heavy (non-hydrogen) atoms. The van der Waals surface area contributed by atoms with Gasteiger partial charge in [-0.05, 0) is 67.1 Å². The Hall–Kier alpha value is -5.90. The number of nitrogens with one attached hydrogen (secondary N) is 1. The zero-order valence-corrected chi connectivity index (χ0v) is 24.1. The molecule has 4 aromatic carbocycles. The summed E-state index contributed by atoms with van der Waals surface area (Å²) in [5.74, 6) is -0.822. The van der Waals surface area contributed by atoms with E-state index in [4.69, 9.17) is 14.2 Å². The Balaban J connectivity index is 1.43. The fourth-order valence-corrected chi connectivity index (χ4v) is 4.59. The van der Waals surface area contributed by atoms with Crippen molar-refractivity contribution in [1.82, 2.24) is 0 Å². The Morgan fingerprint density at radius 3 is 1.91 bits per heavy atom. The quantitative estimate of drug-likeness (QED) is 0.186. The van der Waals surface area contributed by atoms with Crippen LogP contribution in [0.25, 0.3) is 6.08 Å². The van der Waals surface area contributed by atoms with Crippen LogP contribution in [0.5, 0.6) is 17.2 Å². The molecule has 0 atom stereocenters. The Morgan fingerprint density at radius 2 is 1.32 bits per heavy atom. The van der Waals surface area contributed by atoms with Gasteiger partial charge in [0, 0.05) is 0 Å². The second kappa shape index (κ2) is 13.4. The number of anilines is 3. The van der Waals surface area contributed by atoms with E-state index in [0.29, 0.717) is 40.7 Å². The Kier molecular flexibility index (Phi) is 9.00. The van der Waals surface area contributed by atoms with Crippen molar-refractivity contribution < 1.29 is 33.4 Å². The molecule has 0 saturated carbocycles. The minimum Gasteiger partial charge on any atom is -0.495 e. The van der Waals surface area contributed by atoms with Crippen LogP contribution >= 0.6 is 0 Å². The first-order chi connectivity index (χ1) is 21.4. The molecule has 0 unspecified atom stereocenters. The highest BCUT2D eigenvalue weighted by Crippen LogP contribution is 2.33. The van der Waals surface area contributed by atoms with Crippen LogP contribution in [0.2, 0.25) is 0 Å². The van der Waals surface area contributed by atoms with E-state index in [1.807, 2.05) is 0 Å². The number of carbonyl (C=O) groups excluding carboxylic acids is 4. The van der Waals surface area contributed by atoms with Crippen LogP contribution in [-0.4, -0.2) is 44.1 Å². The largest absolute Gasteiger partial charge is 0.495 e. The van der Waals surface area contributed by atoms with Gasteiger partial charge in [0.2, 0.25) is 0 Å². The average Bonchev–Trinajstić information content (AvgIpc) is 3.04. The number of methoxy groups -OCH3 is 1. The molecule has 0 radical (unpaired) electrons. The van der Waals surface area contributed by atoms with Gasteiger partial charge in [0.05, 0.1) is 30.8 Å². The molecule has 0 bridgehead atoms. The maximum Gasteiger partial charge on any atom is 0.343 e. The van der Waals surface area contributed by atoms with E-state index in [1.165, 1.54) is 13.2 Å². The first kappa shape index (κ1) is 29.6. The van der Waals surface area contributed by atoms with Gasteiger partial charge in [-0.2, -0.15) is 0 Å². The third-order valence-corrected chi connectivity index (χ3v) is 6.60. The summed E-state index contributed by atoms with van der Waals surface area (Å²) in [6, 6.07) is 27.8. The first-order valence-corrected chi connectivity index (χ1v) is 13.8. The van der Waals surface area contributed by atoms with Gasteiger partial charge >= 0.3 is 6.03 Å². The van der Waals surface area contributed by atoms with Gasteiger partial charge in [0.1, 0.15) is 11.3 Å². The molecule has 10 heteroatoms. The molecule has 1 saturated heterocycles. The monoisotopic (exact) mass is 591 g/mol. The van der Waals surface area contributed by atoms with E-state index in [1.54, 1.807) is 110 Å². The van der Waals surface area contributed by atoms with E-state index in [0.717, 1.165) is 9.80 Å². The summed E-state index contributed by atoms with van der Waals surface area (Å²) < 4.78 is 16.8. The van der Waals surface area contributed by atoms with E-state index < -0.39 is 23.8 Å². The Labute approximate surface area is 254 Å². The second-order valence-electron chi connectivity index (χ2n) is 9.47. The number of para-hydroxylation sites is 4. The number of hydrogen-bond acceptors (Lipinski definition) is 7. The molecule has 5 rings (SSSR count). The number of urea groups is 1. The summed E-state index contributed by atoms with van der Waals surface area (Å²) in [6.45, 7) is 1.77. The third kappa shape index (κ3) is 6.29. The predicted octanol–water partition coefficient (Wildman–Crippen LogP) is 5.69. The van der Waals surface area contributed by atoms with Crippen molar-refractivity contribution in [3.63, 3.8) is 0 Å². The zero-order valence-electron chi connectivity index (χ0n) is 24.1. The minimum atomic E-state index is -0.778. The lowest BCUT2D eigenvalue weighted by molar-refractivity contribution is -0.121. The van der Waals surface area contributed by atoms with Crippen molar-refractivity contribution in [2.24, 2.45) is 0 Å². The molecule has 1 heterocycles. The van der Waals surface area contributed by atoms with E-state index in [-0.39, 0.29) is 17.9 Å². The van der Waals surface area contributed by atoms with Crippen LogP contribution in [0, 0.1) is 0 Å². The van der Waals surface area contributed by atoms with Crippen LogP contribution in [-0.2, 0) is 14.4 Å². The average molecular weight is 592 g/mol. The fourth-order valence-electron chi connectivity index (χ4n) is 4.59. The Morgan fingerprint density at radius 1 is 0.727 bits per heavy atom. The van der Waals surface area contributed by atoms with Gasteiger partial charge in [-0.25, -0.2) is 14.6 Å². The van der Waals surface area contributed by atoms with Crippen LogP contribution in [0.4, 0.5) is 21.9 Å². The summed E-state index contributed by atoms with van der Waals surface area (Å²) in [7, 11) is 1.51. The summed E-state index contributed by atoms with van der Waals surface area (Å²) >= 11 is 0. The molecular formula is C34H29N3O7. The second-order valence-corrected chi connectivity index (χ2v) is 9.47. The molecule has 0 aliphatic carbocycles. The molecule has 1 fully saturated rings. The van der Waals surface area contributed by atoms with Crippen LogP contribution in [0.1, 0.15) is 12.5 Å². The van der Waals surface area contributed by atoms with Crippen molar-refractivity contribution in [1.29, 1.82) is 0 Å². The fraction of sp³-hybridized carbons (Fsp3) is 0.118. The maximum atomic E-state index is 13.7. The van der Waals surface area contributed by atoms with Crippen LogP contribution in [0.15, 0.2) is 109 Å². The van der Waals surface area contributed by atoms with Crippen molar-refractivity contribution in [2.75, 3.05) is 35.4 Å². The molecule has 1 aliphatic rings. The summed E-state index contributed by atoms with van der Waals surface area (Å²) in [5, 5.41) is 2.75. The number of amides is 5. The SMILES string of the molecule is CCOc1cc(C=C2C(=O)N(c3ccccc3)C(=O)N(c3ccccc3)C2=O)ccc1OCC(=O)Nc1ccccc1OC. The number of imide groups is 2. The van der Waals surface area contributed by atoms with Gasteiger partial charge in [-0.1, -0.05) is 54.6 Å². The highest BCUT2D eigenvalue weighted by molar-refractivity contribution is 6.46. The molecular weight excluding hydrogens is 562 g/mol. The molecule has 1 N–H and O–H groups in total. The molecule has 0 aromatic heterocycles. The smallest absolute Gasteiger partial charge is 0.343 e. The molecule has 10 nitrogen and oxygen atoms in total. The van der Waals surface area contributed by atoms with Gasteiger partial charge < -0.3 is 19.5 Å². The first-order valence-electron chi connectivity index (χ1n) is 13.8. The van der Waals surface area contributed by atoms with E-state index >= 15 is 0 Å². The zero-order chi connectivity index (χ0) is 31.1. The number of ether oxygens (including phenoxy) is 3. The van der Waals surface area contributed by atoms with Gasteiger partial charge in [0.25, 0.3) is 17.7 Å². The number of barbiturate groups is 1. The van der Waals surface area contributed by atoms with Gasteiger partial charge in [-0.15, -0.1) is 0 Å². The van der Waals surface area contributed by atoms with E-state index in [2.05, 4.69) is 5.32 Å². The number of nitrogens with zero attached hydrogens (tertiary/aromatic N) is 2. The van der Waals surface area contributed by atoms with Gasteiger partial charge in [-0.3, -0.25) is 14.4 Å². The van der Waals surface area contributed by atoms with Crippen molar-refractivity contribution in [3.05, 3.63) is 114 Å². The third-order valence-electron chi connectivity index (χ3n) is 6.60. The lowest BCUT2D eigenvalue weighted by Crippen LogP contribution is -2.57. The molecule has 0 spiro atoms. The number of hydrogen-bond donors (Lipinski definition) is 1. The van der Waals surface area contributed by atoms with Crippen molar-refractivity contribution in [3.8, 4) is 17.2 Å². The molecule has 222 valence electrons. The topological polar surface area (TPSA) is 114 Å². The number of benzene rings is 4. The Bertz CT molecular complexity index is 1660. The standard InChI is InChI=1S/C34H29N3O7/c1-3-43-30-21-23(18-19-29(30)44-22-31(38)35-27-16-10-11-17-28(27)42-2)20-26-32(39)36(24-12-6-4-7-13-24)34(41)37(33(26)40)25-14-8-5-9-15-25/h4-21H,3,22H2,1-2H3,(H,35,38). The number of carbonyl (C=O) groups is 4. The van der Waals surface area contributed by atoms with Crippen LogP contribution < -0.4 is 29.3 Å². The molecule has 5 amide bonds. The normalized spacial score (nSPS) is 13.0. The van der Waals surface area contributed by atoms with Gasteiger partial charge in [0.15, 0.2) is 18.1 Å². The predicted molar refractivity (Wildman–Crippen MR) is 166 cm³/mol. The molecule has 1 aliphatic heterocycles. The van der Waals surface area contributed by atoms with E-state index in [9.17, 15) is 19.2 Å². The highest BCUT2D eigenvalue weighted by atomic mass is 16.5. The van der Waals surface area contributed by atoms with Crippen molar-refractivity contribution in [2.45, 2.75) is 6.92 Å². The molecule has 4 aromatic rings. The van der Waals surface area contributed by atoms with Crippen molar-refractivity contribution >= 4 is 46.9 Å². The lowest BCUT2D eigenvalue weighted by atomic mass is 10.0. The lowest BCUT2D eigenvalue weighted by Gasteiger charge is -2.33. The number of rotatable bonds is 10. The van der Waals surface area contributed by atoms with Crippen LogP contribution in [0.3, 0.4) is 0 Å². The highest BCUT2D eigenvalue weighted by Gasteiger charge is 2.43. The maximum absolute atomic E-state index is 13.7.